The van der Waals surface area contributed by atoms with Gasteiger partial charge >= 0.3 is 5.97 Å². The number of hydrogen-bond donors (Lipinski definition) is 2. The Balaban J connectivity index is 1.56. The molecule has 0 aromatic heterocycles. The minimum Gasteiger partial charge on any atom is -0.458 e. The SMILES string of the molecule is C[C@]12CC[C@H](O)C[C@H]1CC[C@]1(C)[C@@H]2C[C@@H](O)[C@]2(C)[C@@H](C3=CC(=O)OC3)CC[C@@]21C. The molecule has 5 aliphatic rings. The van der Waals surface area contributed by atoms with E-state index in [1.54, 1.807) is 6.08 Å². The lowest BCUT2D eigenvalue weighted by Gasteiger charge is -2.71. The van der Waals surface area contributed by atoms with Crippen LogP contribution < -0.4 is 0 Å². The lowest BCUT2D eigenvalue weighted by atomic mass is 9.34. The fourth-order valence-electron chi connectivity index (χ4n) is 9.39. The highest BCUT2D eigenvalue weighted by atomic mass is 16.5. The van der Waals surface area contributed by atoms with Gasteiger partial charge in [0.1, 0.15) is 6.61 Å². The van der Waals surface area contributed by atoms with Gasteiger partial charge < -0.3 is 14.9 Å². The van der Waals surface area contributed by atoms with Gasteiger partial charge in [-0.05, 0) is 90.9 Å². The van der Waals surface area contributed by atoms with Gasteiger partial charge in [0.05, 0.1) is 12.2 Å². The van der Waals surface area contributed by atoms with E-state index in [1.165, 1.54) is 12.8 Å². The lowest BCUT2D eigenvalue weighted by molar-refractivity contribution is -0.248. The smallest absolute Gasteiger partial charge is 0.331 e. The summed E-state index contributed by atoms with van der Waals surface area (Å²) < 4.78 is 5.26. The number of fused-ring (bicyclic) bond motifs is 5. The molecule has 4 aliphatic carbocycles. The molecule has 0 saturated heterocycles. The Morgan fingerprint density at radius 3 is 2.45 bits per heavy atom. The number of carbonyl (C=O) groups excluding carboxylic acids is 1. The number of aliphatic hydroxyl groups excluding tert-OH is 2. The largest absolute Gasteiger partial charge is 0.458 e. The summed E-state index contributed by atoms with van der Waals surface area (Å²) in [6.45, 7) is 10.1. The minimum atomic E-state index is -0.364. The Labute approximate surface area is 175 Å². The second kappa shape index (κ2) is 6.09. The van der Waals surface area contributed by atoms with Crippen molar-refractivity contribution in [1.82, 2.24) is 0 Å². The molecule has 0 spiro atoms. The summed E-state index contributed by atoms with van der Waals surface area (Å²) in [6.07, 6.45) is 9.47. The van der Waals surface area contributed by atoms with E-state index in [0.717, 1.165) is 44.1 Å². The molecule has 4 fully saturated rings. The van der Waals surface area contributed by atoms with Crippen LogP contribution >= 0.6 is 0 Å². The molecule has 1 heterocycles. The molecule has 0 amide bonds. The van der Waals surface area contributed by atoms with Gasteiger partial charge in [-0.25, -0.2) is 4.79 Å². The van der Waals surface area contributed by atoms with Gasteiger partial charge in [0.2, 0.25) is 0 Å². The maximum absolute atomic E-state index is 11.8. The van der Waals surface area contributed by atoms with Crippen LogP contribution in [0.25, 0.3) is 0 Å². The molecule has 4 nitrogen and oxygen atoms in total. The monoisotopic (exact) mass is 402 g/mol. The Morgan fingerprint density at radius 1 is 1.00 bits per heavy atom. The van der Waals surface area contributed by atoms with Gasteiger partial charge in [-0.15, -0.1) is 0 Å². The van der Waals surface area contributed by atoms with E-state index < -0.39 is 0 Å². The first kappa shape index (κ1) is 20.1. The summed E-state index contributed by atoms with van der Waals surface area (Å²) in [6, 6.07) is 0. The normalized spacial score (nSPS) is 56.8. The first-order valence-electron chi connectivity index (χ1n) is 11.8. The first-order valence-corrected chi connectivity index (χ1v) is 11.8. The van der Waals surface area contributed by atoms with E-state index in [1.807, 2.05) is 0 Å². The average Bonchev–Trinajstić information content (AvgIpc) is 3.21. The Morgan fingerprint density at radius 2 is 1.76 bits per heavy atom. The molecular weight excluding hydrogens is 364 g/mol. The summed E-state index contributed by atoms with van der Waals surface area (Å²) >= 11 is 0. The molecule has 29 heavy (non-hydrogen) atoms. The second-order valence-corrected chi connectivity index (χ2v) is 11.9. The third kappa shape index (κ3) is 2.31. The number of aliphatic hydroxyl groups is 2. The summed E-state index contributed by atoms with van der Waals surface area (Å²) in [4.78, 5) is 11.8. The van der Waals surface area contributed by atoms with E-state index in [9.17, 15) is 15.0 Å². The number of ether oxygens (including phenoxy) is 1. The van der Waals surface area contributed by atoms with Crippen molar-refractivity contribution in [3.63, 3.8) is 0 Å². The maximum atomic E-state index is 11.8. The Kier molecular flexibility index (Phi) is 4.22. The van der Waals surface area contributed by atoms with Crippen molar-refractivity contribution < 1.29 is 19.7 Å². The lowest BCUT2D eigenvalue weighted by Crippen LogP contribution is -2.67. The fourth-order valence-corrected chi connectivity index (χ4v) is 9.39. The molecule has 0 unspecified atom stereocenters. The number of carbonyl (C=O) groups is 1. The van der Waals surface area contributed by atoms with Gasteiger partial charge in [0.15, 0.2) is 0 Å². The maximum Gasteiger partial charge on any atom is 0.331 e. The summed E-state index contributed by atoms with van der Waals surface area (Å²) in [5.41, 5.74) is 1.29. The third-order valence-electron chi connectivity index (χ3n) is 11.5. The average molecular weight is 403 g/mol. The molecule has 2 N–H and O–H groups in total. The molecule has 5 rings (SSSR count). The highest BCUT2D eigenvalue weighted by Gasteiger charge is 2.73. The van der Waals surface area contributed by atoms with Crippen LogP contribution in [0.1, 0.15) is 79.1 Å². The predicted octanol–water partition coefficient (Wildman–Crippen LogP) is 4.24. The van der Waals surface area contributed by atoms with Crippen molar-refractivity contribution in [3.8, 4) is 0 Å². The van der Waals surface area contributed by atoms with E-state index >= 15 is 0 Å². The van der Waals surface area contributed by atoms with Crippen LogP contribution in [0.15, 0.2) is 11.6 Å². The van der Waals surface area contributed by atoms with Gasteiger partial charge in [0.25, 0.3) is 0 Å². The van der Waals surface area contributed by atoms with Crippen LogP contribution in [-0.2, 0) is 9.53 Å². The topological polar surface area (TPSA) is 66.8 Å². The van der Waals surface area contributed by atoms with E-state index in [2.05, 4.69) is 27.7 Å². The van der Waals surface area contributed by atoms with E-state index in [0.29, 0.717) is 18.4 Å². The van der Waals surface area contributed by atoms with Crippen molar-refractivity contribution in [1.29, 1.82) is 0 Å². The van der Waals surface area contributed by atoms with Crippen molar-refractivity contribution in [2.24, 2.45) is 39.4 Å². The van der Waals surface area contributed by atoms with Crippen molar-refractivity contribution in [3.05, 3.63) is 11.6 Å². The van der Waals surface area contributed by atoms with E-state index in [4.69, 9.17) is 4.74 Å². The molecule has 0 aromatic carbocycles. The first-order chi connectivity index (χ1) is 13.6. The molecule has 9 atom stereocenters. The molecule has 0 radical (unpaired) electrons. The van der Waals surface area contributed by atoms with Gasteiger partial charge in [0, 0.05) is 11.5 Å². The van der Waals surface area contributed by atoms with Crippen LogP contribution in [0.5, 0.6) is 0 Å². The predicted molar refractivity (Wildman–Crippen MR) is 111 cm³/mol. The second-order valence-electron chi connectivity index (χ2n) is 11.9. The van der Waals surface area contributed by atoms with Gasteiger partial charge in [-0.1, -0.05) is 27.7 Å². The number of cyclic esters (lactones) is 1. The van der Waals surface area contributed by atoms with Crippen LogP contribution in [-0.4, -0.2) is 35.0 Å². The van der Waals surface area contributed by atoms with E-state index in [-0.39, 0.29) is 45.8 Å². The molecule has 4 saturated carbocycles. The van der Waals surface area contributed by atoms with Crippen LogP contribution in [0.2, 0.25) is 0 Å². The quantitative estimate of drug-likeness (QED) is 0.644. The fraction of sp³-hybridized carbons (Fsp3) is 0.880. The molecule has 4 heteroatoms. The third-order valence-corrected chi connectivity index (χ3v) is 11.5. The number of esters is 1. The zero-order valence-electron chi connectivity index (χ0n) is 18.5. The number of hydrogen-bond acceptors (Lipinski definition) is 4. The molecule has 162 valence electrons. The van der Waals surface area contributed by atoms with Crippen LogP contribution in [0, 0.1) is 39.4 Å². The summed E-state index contributed by atoms with van der Waals surface area (Å²) in [5.74, 6) is 1.07. The highest BCUT2D eigenvalue weighted by molar-refractivity contribution is 5.85. The number of rotatable bonds is 1. The molecule has 0 aromatic rings. The van der Waals surface area contributed by atoms with Gasteiger partial charge in [-0.3, -0.25) is 0 Å². The summed E-state index contributed by atoms with van der Waals surface area (Å²) in [7, 11) is 0. The molecular formula is C25H38O4. The zero-order chi connectivity index (χ0) is 20.8. The highest BCUT2D eigenvalue weighted by Crippen LogP contribution is 2.78. The van der Waals surface area contributed by atoms with Crippen molar-refractivity contribution >= 4 is 5.97 Å². The van der Waals surface area contributed by atoms with Gasteiger partial charge in [-0.2, -0.15) is 0 Å². The van der Waals surface area contributed by atoms with Crippen molar-refractivity contribution in [2.45, 2.75) is 91.3 Å². The zero-order valence-corrected chi connectivity index (χ0v) is 18.5. The Bertz CT molecular complexity index is 760. The van der Waals surface area contributed by atoms with Crippen molar-refractivity contribution in [2.75, 3.05) is 6.61 Å². The Hall–Kier alpha value is -0.870. The molecule has 0 bridgehead atoms. The summed E-state index contributed by atoms with van der Waals surface area (Å²) in [5, 5.41) is 22.0. The standard InChI is InChI=1S/C25H38O4/c1-22-8-6-17(26)12-16(22)5-9-23(2)19(22)13-20(27)25(4)18(7-10-24(23,25)3)15-11-21(28)29-14-15/h11,16-20,26-27H,5-10,12-14H2,1-4H3/t16-,17+,18-,19-,20-,22+,23-,24-,25+/m1/s1. The molecule has 1 aliphatic heterocycles. The van der Waals surface area contributed by atoms with Crippen LogP contribution in [0.4, 0.5) is 0 Å². The minimum absolute atomic E-state index is 0.0313. The van der Waals surface area contributed by atoms with Crippen LogP contribution in [0.3, 0.4) is 0 Å².